The Morgan fingerprint density at radius 2 is 1.63 bits per heavy atom. The molecule has 1 unspecified atom stereocenters. The summed E-state index contributed by atoms with van der Waals surface area (Å²) < 4.78 is 52.7. The fourth-order valence-corrected chi connectivity index (χ4v) is 1.68. The van der Waals surface area contributed by atoms with Crippen molar-refractivity contribution < 1.29 is 27.4 Å². The van der Waals surface area contributed by atoms with Gasteiger partial charge in [-0.25, -0.2) is 0 Å². The van der Waals surface area contributed by atoms with Gasteiger partial charge in [0.05, 0.1) is 21.3 Å². The fraction of sp³-hybridized carbons (Fsp3) is 0.500. The minimum Gasteiger partial charge on any atom is -0.493 e. The Morgan fingerprint density at radius 3 is 2.05 bits per heavy atom. The minimum atomic E-state index is -4.46. The quantitative estimate of drug-likeness (QED) is 0.897. The lowest BCUT2D eigenvalue weighted by atomic mass is 10.0. The highest BCUT2D eigenvalue weighted by atomic mass is 19.4. The maximum absolute atomic E-state index is 12.5. The van der Waals surface area contributed by atoms with E-state index in [1.807, 2.05) is 0 Å². The molecule has 0 aliphatic carbocycles. The van der Waals surface area contributed by atoms with Crippen LogP contribution < -0.4 is 19.9 Å². The number of benzene rings is 1. The van der Waals surface area contributed by atoms with Gasteiger partial charge in [0.2, 0.25) is 5.75 Å². The molecule has 0 bridgehead atoms. The van der Waals surface area contributed by atoms with Crippen LogP contribution in [0.1, 0.15) is 5.56 Å². The van der Waals surface area contributed by atoms with Gasteiger partial charge in [-0.05, 0) is 6.07 Å². The number of hydrogen-bond donors (Lipinski definition) is 1. The van der Waals surface area contributed by atoms with E-state index in [4.69, 9.17) is 19.9 Å². The second-order valence-electron chi connectivity index (χ2n) is 3.85. The molecule has 4 nitrogen and oxygen atoms in total. The van der Waals surface area contributed by atoms with Gasteiger partial charge in [0.15, 0.2) is 11.5 Å². The van der Waals surface area contributed by atoms with E-state index in [2.05, 4.69) is 0 Å². The lowest BCUT2D eigenvalue weighted by Gasteiger charge is -2.19. The number of halogens is 3. The van der Waals surface area contributed by atoms with E-state index >= 15 is 0 Å². The summed E-state index contributed by atoms with van der Waals surface area (Å²) in [6.07, 6.45) is -4.86. The van der Waals surface area contributed by atoms with Crippen molar-refractivity contribution in [3.8, 4) is 17.2 Å². The van der Waals surface area contributed by atoms with E-state index in [0.717, 1.165) is 0 Å². The third-order valence-electron chi connectivity index (χ3n) is 2.65. The number of nitrogens with two attached hydrogens (primary N) is 1. The van der Waals surface area contributed by atoms with Crippen molar-refractivity contribution in [2.45, 2.75) is 18.6 Å². The van der Waals surface area contributed by atoms with Crippen LogP contribution in [0.2, 0.25) is 0 Å². The van der Waals surface area contributed by atoms with Crippen LogP contribution >= 0.6 is 0 Å². The lowest BCUT2D eigenvalue weighted by Crippen LogP contribution is -2.39. The second-order valence-corrected chi connectivity index (χ2v) is 3.85. The summed E-state index contributed by atoms with van der Waals surface area (Å²) in [5.74, 6) is 0.821. The molecule has 1 aromatic carbocycles. The first-order valence-corrected chi connectivity index (χ1v) is 5.45. The van der Waals surface area contributed by atoms with Gasteiger partial charge >= 0.3 is 6.18 Å². The van der Waals surface area contributed by atoms with Crippen LogP contribution in [0.25, 0.3) is 0 Å². The van der Waals surface area contributed by atoms with E-state index < -0.39 is 18.6 Å². The van der Waals surface area contributed by atoms with Crippen LogP contribution in [0.4, 0.5) is 13.2 Å². The number of alkyl halides is 3. The van der Waals surface area contributed by atoms with Crippen LogP contribution in [0.3, 0.4) is 0 Å². The maximum atomic E-state index is 12.5. The van der Waals surface area contributed by atoms with Gasteiger partial charge in [-0.1, -0.05) is 6.07 Å². The van der Waals surface area contributed by atoms with Gasteiger partial charge in [-0.15, -0.1) is 0 Å². The fourth-order valence-electron chi connectivity index (χ4n) is 1.68. The zero-order valence-corrected chi connectivity index (χ0v) is 10.9. The van der Waals surface area contributed by atoms with Crippen LogP contribution in [0.15, 0.2) is 12.1 Å². The molecule has 1 aromatic rings. The van der Waals surface area contributed by atoms with Crippen LogP contribution in [0, 0.1) is 0 Å². The Morgan fingerprint density at radius 1 is 1.05 bits per heavy atom. The van der Waals surface area contributed by atoms with Gasteiger partial charge in [0.25, 0.3) is 0 Å². The molecule has 0 saturated carbocycles. The number of hydrogen-bond acceptors (Lipinski definition) is 4. The largest absolute Gasteiger partial charge is 0.493 e. The molecule has 1 rings (SSSR count). The number of ether oxygens (including phenoxy) is 3. The molecular weight excluding hydrogens is 263 g/mol. The topological polar surface area (TPSA) is 53.7 Å². The highest BCUT2D eigenvalue weighted by Gasteiger charge is 2.37. The van der Waals surface area contributed by atoms with Gasteiger partial charge in [0.1, 0.15) is 6.04 Å². The summed E-state index contributed by atoms with van der Waals surface area (Å²) in [5.41, 5.74) is 5.43. The van der Waals surface area contributed by atoms with Crippen molar-refractivity contribution in [1.82, 2.24) is 0 Å². The maximum Gasteiger partial charge on any atom is 0.403 e. The monoisotopic (exact) mass is 279 g/mol. The summed E-state index contributed by atoms with van der Waals surface area (Å²) in [5, 5.41) is 0. The van der Waals surface area contributed by atoms with E-state index in [9.17, 15) is 13.2 Å². The van der Waals surface area contributed by atoms with E-state index in [0.29, 0.717) is 11.3 Å². The molecule has 1 atom stereocenters. The summed E-state index contributed by atoms with van der Waals surface area (Å²) in [4.78, 5) is 0. The molecule has 7 heteroatoms. The van der Waals surface area contributed by atoms with E-state index in [1.54, 1.807) is 0 Å². The Hall–Kier alpha value is -1.63. The number of rotatable bonds is 5. The minimum absolute atomic E-state index is 0.196. The third-order valence-corrected chi connectivity index (χ3v) is 2.65. The average Bonchev–Trinajstić information content (AvgIpc) is 2.36. The predicted octanol–water partition coefficient (Wildman–Crippen LogP) is 2.14. The molecule has 108 valence electrons. The highest BCUT2D eigenvalue weighted by Crippen LogP contribution is 2.40. The van der Waals surface area contributed by atoms with Crippen LogP contribution in [-0.2, 0) is 6.42 Å². The Labute approximate surface area is 109 Å². The van der Waals surface area contributed by atoms with Gasteiger partial charge in [0, 0.05) is 12.0 Å². The van der Waals surface area contributed by atoms with Crippen LogP contribution in [-0.4, -0.2) is 33.5 Å². The first kappa shape index (κ1) is 15.4. The molecule has 0 amide bonds. The normalized spacial score (nSPS) is 13.0. The van der Waals surface area contributed by atoms with Crippen molar-refractivity contribution in [3.63, 3.8) is 0 Å². The Bertz CT molecular complexity index is 435. The standard InChI is InChI=1S/C12H16F3NO3/c1-17-8-5-4-7(6-9(16)12(13,14)15)10(18-2)11(8)19-3/h4-5,9H,6,16H2,1-3H3. The molecule has 0 spiro atoms. The SMILES string of the molecule is COc1ccc(CC(N)C(F)(F)F)c(OC)c1OC. The summed E-state index contributed by atoms with van der Waals surface area (Å²) in [6, 6.07) is 1.03. The van der Waals surface area contributed by atoms with Crippen molar-refractivity contribution >= 4 is 0 Å². The van der Waals surface area contributed by atoms with Gasteiger partial charge in [-0.2, -0.15) is 13.2 Å². The summed E-state index contributed by atoms with van der Waals surface area (Å²) in [6.45, 7) is 0. The number of methoxy groups -OCH3 is 3. The van der Waals surface area contributed by atoms with Crippen LogP contribution in [0.5, 0.6) is 17.2 Å². The summed E-state index contributed by atoms with van der Waals surface area (Å²) in [7, 11) is 4.16. The first-order valence-electron chi connectivity index (χ1n) is 5.45. The van der Waals surface area contributed by atoms with Crippen molar-refractivity contribution in [2.24, 2.45) is 5.73 Å². The second kappa shape index (κ2) is 6.01. The molecule has 0 radical (unpaired) electrons. The first-order chi connectivity index (χ1) is 8.85. The summed E-state index contributed by atoms with van der Waals surface area (Å²) >= 11 is 0. The van der Waals surface area contributed by atoms with E-state index in [1.165, 1.54) is 33.5 Å². The van der Waals surface area contributed by atoms with Gasteiger partial charge < -0.3 is 19.9 Å². The van der Waals surface area contributed by atoms with Crippen molar-refractivity contribution in [3.05, 3.63) is 17.7 Å². The van der Waals surface area contributed by atoms with Crippen molar-refractivity contribution in [2.75, 3.05) is 21.3 Å². The molecule has 0 heterocycles. The Kier molecular flexibility index (Phi) is 4.88. The molecule has 0 aromatic heterocycles. The third kappa shape index (κ3) is 3.44. The van der Waals surface area contributed by atoms with Gasteiger partial charge in [-0.3, -0.25) is 0 Å². The van der Waals surface area contributed by atoms with E-state index in [-0.39, 0.29) is 11.5 Å². The molecule has 19 heavy (non-hydrogen) atoms. The molecular formula is C12H16F3NO3. The average molecular weight is 279 g/mol. The smallest absolute Gasteiger partial charge is 0.403 e. The molecule has 0 saturated heterocycles. The van der Waals surface area contributed by atoms with Crippen molar-refractivity contribution in [1.29, 1.82) is 0 Å². The highest BCUT2D eigenvalue weighted by molar-refractivity contribution is 5.56. The Balaban J connectivity index is 3.15. The molecule has 0 fully saturated rings. The molecule has 0 aliphatic rings. The molecule has 0 aliphatic heterocycles. The lowest BCUT2D eigenvalue weighted by molar-refractivity contribution is -0.147. The zero-order valence-electron chi connectivity index (χ0n) is 10.9. The predicted molar refractivity (Wildman–Crippen MR) is 63.8 cm³/mol. The molecule has 2 N–H and O–H groups in total. The zero-order chi connectivity index (χ0) is 14.6.